The predicted octanol–water partition coefficient (Wildman–Crippen LogP) is 3.77. The lowest BCUT2D eigenvalue weighted by atomic mass is 10.0. The number of nitrogens with zero attached hydrogens (tertiary/aromatic N) is 1. The van der Waals surface area contributed by atoms with Gasteiger partial charge in [0.2, 0.25) is 0 Å². The van der Waals surface area contributed by atoms with E-state index in [1.54, 1.807) is 12.3 Å². The number of carbonyl (C=O) groups excluding carboxylic acids is 1. The Labute approximate surface area is 113 Å². The van der Waals surface area contributed by atoms with Gasteiger partial charge in [-0.05, 0) is 36.2 Å². The maximum absolute atomic E-state index is 12.1. The number of ether oxygens (including phenoxy) is 1. The second kappa shape index (κ2) is 5.32. The summed E-state index contributed by atoms with van der Waals surface area (Å²) >= 11 is 0. The van der Waals surface area contributed by atoms with Gasteiger partial charge >= 0.3 is 6.36 Å². The van der Waals surface area contributed by atoms with Gasteiger partial charge in [0.05, 0.1) is 0 Å². The van der Waals surface area contributed by atoms with Gasteiger partial charge in [-0.3, -0.25) is 9.78 Å². The Morgan fingerprint density at radius 2 is 1.85 bits per heavy atom. The third-order valence-corrected chi connectivity index (χ3v) is 2.57. The van der Waals surface area contributed by atoms with E-state index in [1.165, 1.54) is 24.3 Å². The van der Waals surface area contributed by atoms with Crippen molar-refractivity contribution in [2.75, 3.05) is 0 Å². The van der Waals surface area contributed by atoms with E-state index in [9.17, 15) is 18.0 Å². The molecule has 2 aromatic rings. The minimum atomic E-state index is -4.72. The van der Waals surface area contributed by atoms with Crippen molar-refractivity contribution in [3.05, 3.63) is 47.8 Å². The molecule has 0 bridgehead atoms. The fraction of sp³-hybridized carbons (Fsp3) is 0.143. The summed E-state index contributed by atoms with van der Waals surface area (Å²) < 4.78 is 40.0. The highest BCUT2D eigenvalue weighted by Gasteiger charge is 2.30. The first-order valence-electron chi connectivity index (χ1n) is 5.67. The van der Waals surface area contributed by atoms with Gasteiger partial charge < -0.3 is 4.74 Å². The first-order valence-corrected chi connectivity index (χ1v) is 5.67. The van der Waals surface area contributed by atoms with E-state index in [2.05, 4.69) is 9.72 Å². The molecule has 2 rings (SSSR count). The van der Waals surface area contributed by atoms with Crippen molar-refractivity contribution < 1.29 is 22.7 Å². The summed E-state index contributed by atoms with van der Waals surface area (Å²) in [7, 11) is 0. The molecule has 0 saturated carbocycles. The Hall–Kier alpha value is -2.37. The normalized spacial score (nSPS) is 11.2. The fourth-order valence-corrected chi connectivity index (χ4v) is 1.74. The molecule has 1 aromatic carbocycles. The largest absolute Gasteiger partial charge is 0.573 e. The van der Waals surface area contributed by atoms with Crippen LogP contribution >= 0.6 is 0 Å². The number of aryl methyl sites for hydroxylation is 1. The van der Waals surface area contributed by atoms with Gasteiger partial charge in [0.1, 0.15) is 11.4 Å². The molecule has 0 amide bonds. The number of aromatic nitrogens is 1. The van der Waals surface area contributed by atoms with Crippen LogP contribution in [0.5, 0.6) is 5.75 Å². The van der Waals surface area contributed by atoms with Crippen molar-refractivity contribution in [3.8, 4) is 16.9 Å². The van der Waals surface area contributed by atoms with Crippen molar-refractivity contribution >= 4 is 6.29 Å². The van der Waals surface area contributed by atoms with Crippen LogP contribution in [0.25, 0.3) is 11.1 Å². The van der Waals surface area contributed by atoms with Gasteiger partial charge in [-0.1, -0.05) is 12.1 Å². The molecule has 3 nitrogen and oxygen atoms in total. The first-order chi connectivity index (χ1) is 9.39. The van der Waals surface area contributed by atoms with Gasteiger partial charge in [-0.15, -0.1) is 13.2 Å². The van der Waals surface area contributed by atoms with Crippen molar-refractivity contribution in [1.29, 1.82) is 0 Å². The van der Waals surface area contributed by atoms with E-state index in [0.717, 1.165) is 5.56 Å². The summed E-state index contributed by atoms with van der Waals surface area (Å²) in [6.07, 6.45) is -2.57. The van der Waals surface area contributed by atoms with Crippen LogP contribution in [0.4, 0.5) is 13.2 Å². The minimum Gasteiger partial charge on any atom is -0.406 e. The lowest BCUT2D eigenvalue weighted by molar-refractivity contribution is -0.274. The molecule has 0 unspecified atom stereocenters. The Bertz CT molecular complexity index is 621. The van der Waals surface area contributed by atoms with Crippen molar-refractivity contribution in [2.24, 2.45) is 0 Å². The molecule has 0 atom stereocenters. The molecule has 0 radical (unpaired) electrons. The van der Waals surface area contributed by atoms with Gasteiger partial charge in [0.25, 0.3) is 0 Å². The maximum atomic E-state index is 12.1. The molecule has 0 aliphatic rings. The second-order valence-corrected chi connectivity index (χ2v) is 4.14. The molecule has 1 aromatic heterocycles. The minimum absolute atomic E-state index is 0.236. The average molecular weight is 281 g/mol. The SMILES string of the molecule is Cc1cnc(C=O)c(-c2ccc(OC(F)(F)F)cc2)c1. The monoisotopic (exact) mass is 281 g/mol. The molecular weight excluding hydrogens is 271 g/mol. The number of alkyl halides is 3. The van der Waals surface area contributed by atoms with E-state index in [-0.39, 0.29) is 11.4 Å². The van der Waals surface area contributed by atoms with E-state index >= 15 is 0 Å². The predicted molar refractivity (Wildman–Crippen MR) is 66.5 cm³/mol. The van der Waals surface area contributed by atoms with Crippen LogP contribution in [-0.2, 0) is 0 Å². The summed E-state index contributed by atoms with van der Waals surface area (Å²) in [5, 5.41) is 0. The molecule has 0 N–H and O–H groups in total. The van der Waals surface area contributed by atoms with Crippen LogP contribution in [0.15, 0.2) is 36.5 Å². The van der Waals surface area contributed by atoms with Gasteiger partial charge in [0.15, 0.2) is 6.29 Å². The van der Waals surface area contributed by atoms with Crippen LogP contribution in [0.3, 0.4) is 0 Å². The summed E-state index contributed by atoms with van der Waals surface area (Å²) in [6.45, 7) is 1.81. The molecule has 20 heavy (non-hydrogen) atoms. The molecule has 0 aliphatic heterocycles. The average Bonchev–Trinajstić information content (AvgIpc) is 2.38. The smallest absolute Gasteiger partial charge is 0.406 e. The molecule has 0 spiro atoms. The second-order valence-electron chi connectivity index (χ2n) is 4.14. The Morgan fingerprint density at radius 3 is 2.40 bits per heavy atom. The number of benzene rings is 1. The third-order valence-electron chi connectivity index (χ3n) is 2.57. The van der Waals surface area contributed by atoms with E-state index in [4.69, 9.17) is 0 Å². The number of hydrogen-bond donors (Lipinski definition) is 0. The van der Waals surface area contributed by atoms with Gasteiger partial charge in [0, 0.05) is 11.8 Å². The number of carbonyl (C=O) groups is 1. The lowest BCUT2D eigenvalue weighted by Gasteiger charge is -2.10. The highest BCUT2D eigenvalue weighted by molar-refractivity contribution is 5.85. The van der Waals surface area contributed by atoms with Crippen LogP contribution in [0, 0.1) is 6.92 Å². The van der Waals surface area contributed by atoms with Crippen molar-refractivity contribution in [3.63, 3.8) is 0 Å². The molecule has 6 heteroatoms. The summed E-state index contributed by atoms with van der Waals surface area (Å²) in [5.41, 5.74) is 2.25. The number of aldehydes is 1. The lowest BCUT2D eigenvalue weighted by Crippen LogP contribution is -2.16. The number of pyridine rings is 1. The summed E-state index contributed by atoms with van der Waals surface area (Å²) in [5.74, 6) is -0.311. The topological polar surface area (TPSA) is 39.2 Å². The van der Waals surface area contributed by atoms with E-state index in [1.807, 2.05) is 6.92 Å². The molecule has 0 aliphatic carbocycles. The summed E-state index contributed by atoms with van der Waals surface area (Å²) in [4.78, 5) is 14.9. The highest BCUT2D eigenvalue weighted by atomic mass is 19.4. The van der Waals surface area contributed by atoms with Crippen LogP contribution in [-0.4, -0.2) is 17.6 Å². The molecule has 0 saturated heterocycles. The van der Waals surface area contributed by atoms with Crippen molar-refractivity contribution in [2.45, 2.75) is 13.3 Å². The van der Waals surface area contributed by atoms with Crippen LogP contribution in [0.2, 0.25) is 0 Å². The zero-order valence-electron chi connectivity index (χ0n) is 10.4. The standard InChI is InChI=1S/C14H10F3NO2/c1-9-6-12(13(8-19)18-7-9)10-2-4-11(5-3-10)20-14(15,16)17/h2-8H,1H3. The number of halogens is 3. The zero-order chi connectivity index (χ0) is 14.8. The Balaban J connectivity index is 2.35. The van der Waals surface area contributed by atoms with Gasteiger partial charge in [-0.25, -0.2) is 0 Å². The molecule has 1 heterocycles. The molecule has 0 fully saturated rings. The third kappa shape index (κ3) is 3.34. The summed E-state index contributed by atoms with van der Waals surface area (Å²) in [6, 6.07) is 7.03. The van der Waals surface area contributed by atoms with E-state index < -0.39 is 6.36 Å². The Morgan fingerprint density at radius 1 is 1.20 bits per heavy atom. The van der Waals surface area contributed by atoms with Gasteiger partial charge in [-0.2, -0.15) is 0 Å². The van der Waals surface area contributed by atoms with Crippen LogP contribution in [0.1, 0.15) is 16.1 Å². The van der Waals surface area contributed by atoms with Crippen LogP contribution < -0.4 is 4.74 Å². The maximum Gasteiger partial charge on any atom is 0.573 e. The zero-order valence-corrected chi connectivity index (χ0v) is 10.4. The van der Waals surface area contributed by atoms with Crippen molar-refractivity contribution in [1.82, 2.24) is 4.98 Å². The van der Waals surface area contributed by atoms with E-state index in [0.29, 0.717) is 17.4 Å². The molecule has 104 valence electrons. The number of rotatable bonds is 3. The fourth-order valence-electron chi connectivity index (χ4n) is 1.74. The molecular formula is C14H10F3NO2. The number of hydrogen-bond acceptors (Lipinski definition) is 3. The Kier molecular flexibility index (Phi) is 3.74. The quantitative estimate of drug-likeness (QED) is 0.804. The highest BCUT2D eigenvalue weighted by Crippen LogP contribution is 2.27. The first kappa shape index (κ1) is 14.0.